The van der Waals surface area contributed by atoms with Gasteiger partial charge in [0.25, 0.3) is 0 Å². The zero-order valence-corrected chi connectivity index (χ0v) is 27.8. The zero-order valence-electron chi connectivity index (χ0n) is 27.8. The van der Waals surface area contributed by atoms with Crippen LogP contribution in [0.1, 0.15) is 115 Å². The standard InChI is InChI=1S/C36H55N3O4/c1-9-11-12-13-14-18-23-39(34(41)31(27(4)10-2)38-35(42)43-36(6,7)8)32(30-22-21-26(3)24-28(30)5)33(40)37-25-29-19-16-15-17-20-29/h15-17,19-22,24,27,31-32H,9-14,18,23,25H2,1-8H3,(H,37,40)(H,38,42). The van der Waals surface area contributed by atoms with Crippen LogP contribution in [-0.4, -0.2) is 41.0 Å². The number of carbonyl (C=O) groups excluding carboxylic acids is 3. The third-order valence-electron chi connectivity index (χ3n) is 7.78. The van der Waals surface area contributed by atoms with Crippen molar-refractivity contribution in [3.63, 3.8) is 0 Å². The minimum Gasteiger partial charge on any atom is -0.444 e. The van der Waals surface area contributed by atoms with E-state index < -0.39 is 23.8 Å². The number of amides is 3. The Kier molecular flexibility index (Phi) is 14.7. The Hall–Kier alpha value is -3.35. The Labute approximate surface area is 260 Å². The molecular weight excluding hydrogens is 538 g/mol. The molecule has 43 heavy (non-hydrogen) atoms. The van der Waals surface area contributed by atoms with E-state index in [1.165, 1.54) is 6.42 Å². The molecule has 7 heteroatoms. The molecule has 2 aromatic carbocycles. The van der Waals surface area contributed by atoms with Crippen molar-refractivity contribution in [2.24, 2.45) is 5.92 Å². The number of nitrogens with zero attached hydrogens (tertiary/aromatic N) is 1. The zero-order chi connectivity index (χ0) is 32.0. The van der Waals surface area contributed by atoms with Crippen LogP contribution in [0.2, 0.25) is 0 Å². The van der Waals surface area contributed by atoms with E-state index in [1.54, 1.807) is 25.7 Å². The number of nitrogens with one attached hydrogen (secondary N) is 2. The van der Waals surface area contributed by atoms with Crippen LogP contribution in [0, 0.1) is 19.8 Å². The second-order valence-electron chi connectivity index (χ2n) is 12.8. The van der Waals surface area contributed by atoms with Gasteiger partial charge in [-0.1, -0.05) is 113 Å². The summed E-state index contributed by atoms with van der Waals surface area (Å²) in [6, 6.07) is 14.1. The maximum absolute atomic E-state index is 14.6. The second-order valence-corrected chi connectivity index (χ2v) is 12.8. The first-order valence-electron chi connectivity index (χ1n) is 16.1. The molecule has 0 bridgehead atoms. The van der Waals surface area contributed by atoms with Crippen LogP contribution >= 0.6 is 0 Å². The van der Waals surface area contributed by atoms with Gasteiger partial charge in [-0.3, -0.25) is 9.59 Å². The number of aryl methyl sites for hydroxylation is 2. The Morgan fingerprint density at radius 3 is 2.16 bits per heavy atom. The summed E-state index contributed by atoms with van der Waals surface area (Å²) in [6.45, 7) is 16.3. The highest BCUT2D eigenvalue weighted by Crippen LogP contribution is 2.28. The number of alkyl carbamates (subject to hydrolysis) is 1. The molecule has 0 heterocycles. The molecule has 7 nitrogen and oxygen atoms in total. The number of benzene rings is 2. The SMILES string of the molecule is CCCCCCCCN(C(=O)C(NC(=O)OC(C)(C)C)C(C)CC)C(C(=O)NCc1ccccc1)c1ccc(C)cc1C. The fraction of sp³-hybridized carbons (Fsp3) is 0.583. The summed E-state index contributed by atoms with van der Waals surface area (Å²) in [5.74, 6) is -0.678. The van der Waals surface area contributed by atoms with E-state index in [2.05, 4.69) is 17.6 Å². The molecule has 0 aliphatic heterocycles. The van der Waals surface area contributed by atoms with E-state index in [-0.39, 0.29) is 17.7 Å². The molecule has 0 saturated heterocycles. The van der Waals surface area contributed by atoms with E-state index in [9.17, 15) is 14.4 Å². The monoisotopic (exact) mass is 593 g/mol. The summed E-state index contributed by atoms with van der Waals surface area (Å²) in [5, 5.41) is 5.97. The summed E-state index contributed by atoms with van der Waals surface area (Å²) in [6.07, 6.45) is 6.34. The number of rotatable bonds is 16. The fourth-order valence-electron chi connectivity index (χ4n) is 5.19. The van der Waals surface area contributed by atoms with Crippen LogP contribution < -0.4 is 10.6 Å². The topological polar surface area (TPSA) is 87.7 Å². The summed E-state index contributed by atoms with van der Waals surface area (Å²) >= 11 is 0. The van der Waals surface area contributed by atoms with Gasteiger partial charge in [0.05, 0.1) is 0 Å². The first kappa shape index (κ1) is 35.8. The van der Waals surface area contributed by atoms with E-state index >= 15 is 0 Å². The van der Waals surface area contributed by atoms with Crippen molar-refractivity contribution in [1.82, 2.24) is 15.5 Å². The first-order chi connectivity index (χ1) is 20.4. The van der Waals surface area contributed by atoms with Crippen molar-refractivity contribution in [2.75, 3.05) is 6.54 Å². The normalized spacial score (nSPS) is 13.5. The molecule has 0 fully saturated rings. The van der Waals surface area contributed by atoms with Crippen LogP contribution in [0.25, 0.3) is 0 Å². The number of hydrogen-bond donors (Lipinski definition) is 2. The van der Waals surface area contributed by atoms with E-state index in [0.717, 1.165) is 54.4 Å². The van der Waals surface area contributed by atoms with E-state index in [0.29, 0.717) is 19.5 Å². The number of hydrogen-bond acceptors (Lipinski definition) is 4. The second kappa shape index (κ2) is 17.7. The van der Waals surface area contributed by atoms with E-state index in [1.807, 2.05) is 76.2 Å². The fourth-order valence-corrected chi connectivity index (χ4v) is 5.19. The molecule has 2 rings (SSSR count). The Balaban J connectivity index is 2.52. The highest BCUT2D eigenvalue weighted by atomic mass is 16.6. The average Bonchev–Trinajstić information content (AvgIpc) is 2.95. The molecule has 3 atom stereocenters. The number of unbranched alkanes of at least 4 members (excludes halogenated alkanes) is 5. The summed E-state index contributed by atoms with van der Waals surface area (Å²) in [5.41, 5.74) is 3.09. The molecule has 0 aliphatic rings. The largest absolute Gasteiger partial charge is 0.444 e. The third kappa shape index (κ3) is 12.0. The molecule has 2 aromatic rings. The lowest BCUT2D eigenvalue weighted by Gasteiger charge is -2.36. The minimum atomic E-state index is -0.848. The van der Waals surface area contributed by atoms with Gasteiger partial charge < -0.3 is 20.3 Å². The highest BCUT2D eigenvalue weighted by molar-refractivity contribution is 5.92. The third-order valence-corrected chi connectivity index (χ3v) is 7.78. The molecule has 0 spiro atoms. The van der Waals surface area contributed by atoms with Crippen molar-refractivity contribution < 1.29 is 19.1 Å². The van der Waals surface area contributed by atoms with Crippen LogP contribution in [0.15, 0.2) is 48.5 Å². The number of carbonyl (C=O) groups is 3. The van der Waals surface area contributed by atoms with Gasteiger partial charge in [0, 0.05) is 13.1 Å². The lowest BCUT2D eigenvalue weighted by molar-refractivity contribution is -0.143. The van der Waals surface area contributed by atoms with E-state index in [4.69, 9.17) is 4.74 Å². The van der Waals surface area contributed by atoms with Crippen LogP contribution in [0.3, 0.4) is 0 Å². The van der Waals surface area contributed by atoms with Crippen molar-refractivity contribution in [1.29, 1.82) is 0 Å². The summed E-state index contributed by atoms with van der Waals surface area (Å²) in [4.78, 5) is 43.3. The predicted octanol–water partition coefficient (Wildman–Crippen LogP) is 7.79. The van der Waals surface area contributed by atoms with Gasteiger partial charge in [-0.2, -0.15) is 0 Å². The van der Waals surface area contributed by atoms with Gasteiger partial charge in [0.1, 0.15) is 17.7 Å². The van der Waals surface area contributed by atoms with Crippen molar-refractivity contribution in [3.8, 4) is 0 Å². The lowest BCUT2D eigenvalue weighted by atomic mass is 9.93. The average molecular weight is 594 g/mol. The van der Waals surface area contributed by atoms with Crippen LogP contribution in [0.4, 0.5) is 4.79 Å². The van der Waals surface area contributed by atoms with Gasteiger partial charge >= 0.3 is 6.09 Å². The Morgan fingerprint density at radius 2 is 1.56 bits per heavy atom. The molecule has 0 saturated carbocycles. The van der Waals surface area contributed by atoms with Gasteiger partial charge in [-0.15, -0.1) is 0 Å². The maximum atomic E-state index is 14.6. The molecule has 3 amide bonds. The Bertz CT molecular complexity index is 1160. The van der Waals surface area contributed by atoms with Crippen LogP contribution in [0.5, 0.6) is 0 Å². The van der Waals surface area contributed by atoms with Gasteiger partial charge in [0.2, 0.25) is 11.8 Å². The van der Waals surface area contributed by atoms with Gasteiger partial charge in [0.15, 0.2) is 0 Å². The lowest BCUT2D eigenvalue weighted by Crippen LogP contribution is -2.55. The molecule has 0 aromatic heterocycles. The molecule has 3 unspecified atom stereocenters. The molecular formula is C36H55N3O4. The molecule has 0 radical (unpaired) electrons. The predicted molar refractivity (Wildman–Crippen MR) is 175 cm³/mol. The maximum Gasteiger partial charge on any atom is 0.408 e. The number of ether oxygens (including phenoxy) is 1. The van der Waals surface area contributed by atoms with Crippen molar-refractivity contribution in [2.45, 2.75) is 125 Å². The smallest absolute Gasteiger partial charge is 0.408 e. The molecule has 238 valence electrons. The molecule has 0 aliphatic carbocycles. The minimum absolute atomic E-state index is 0.167. The summed E-state index contributed by atoms with van der Waals surface area (Å²) < 4.78 is 5.54. The highest BCUT2D eigenvalue weighted by Gasteiger charge is 2.38. The van der Waals surface area contributed by atoms with Gasteiger partial charge in [-0.05, 0) is 63.6 Å². The van der Waals surface area contributed by atoms with Gasteiger partial charge in [-0.25, -0.2) is 4.79 Å². The quantitative estimate of drug-likeness (QED) is 0.195. The molecule has 2 N–H and O–H groups in total. The first-order valence-corrected chi connectivity index (χ1v) is 16.1. The Morgan fingerprint density at radius 1 is 0.907 bits per heavy atom. The van der Waals surface area contributed by atoms with Crippen molar-refractivity contribution >= 4 is 17.9 Å². The van der Waals surface area contributed by atoms with Crippen molar-refractivity contribution in [3.05, 3.63) is 70.8 Å². The van der Waals surface area contributed by atoms with Crippen LogP contribution in [-0.2, 0) is 20.9 Å². The summed E-state index contributed by atoms with van der Waals surface area (Å²) in [7, 11) is 0.